The Bertz CT molecular complexity index is 655. The molecule has 122 valence electrons. The lowest BCUT2D eigenvalue weighted by atomic mass is 10.2. The zero-order valence-corrected chi connectivity index (χ0v) is 14.2. The van der Waals surface area contributed by atoms with Crippen LogP contribution in [0.15, 0.2) is 23.1 Å². The highest BCUT2D eigenvalue weighted by Gasteiger charge is 2.30. The molecule has 2 rings (SSSR count). The highest BCUT2D eigenvalue weighted by atomic mass is 35.5. The Morgan fingerprint density at radius 2 is 1.91 bits per heavy atom. The number of carbonyl (C=O) groups is 1. The average molecular weight is 347 g/mol. The molecule has 1 aliphatic rings. The fourth-order valence-electron chi connectivity index (χ4n) is 2.38. The van der Waals surface area contributed by atoms with E-state index in [-0.39, 0.29) is 15.5 Å². The Morgan fingerprint density at radius 3 is 2.41 bits per heavy atom. The van der Waals surface area contributed by atoms with Gasteiger partial charge < -0.3 is 9.64 Å². The normalized spacial score (nSPS) is 17.4. The molecule has 1 aromatic rings. The van der Waals surface area contributed by atoms with E-state index >= 15 is 0 Å². The molecule has 0 amide bonds. The molecule has 0 N–H and O–H groups in total. The van der Waals surface area contributed by atoms with Crippen LogP contribution in [-0.2, 0) is 14.8 Å². The minimum absolute atomic E-state index is 0.0202. The number of rotatable bonds is 4. The van der Waals surface area contributed by atoms with Crippen molar-refractivity contribution in [3.05, 3.63) is 28.8 Å². The van der Waals surface area contributed by atoms with Crippen molar-refractivity contribution in [3.63, 3.8) is 0 Å². The number of halogens is 1. The Morgan fingerprint density at radius 1 is 1.27 bits per heavy atom. The summed E-state index contributed by atoms with van der Waals surface area (Å²) in [7, 11) is -2.39. The molecule has 0 aliphatic carbocycles. The van der Waals surface area contributed by atoms with Crippen LogP contribution in [0.4, 0.5) is 0 Å². The topological polar surface area (TPSA) is 66.9 Å². The van der Waals surface area contributed by atoms with E-state index in [1.807, 2.05) is 6.92 Å². The fraction of sp³-hybridized carbons (Fsp3) is 0.500. The molecule has 0 saturated carbocycles. The molecule has 1 saturated heterocycles. The summed E-state index contributed by atoms with van der Waals surface area (Å²) < 4.78 is 31.3. The first-order valence-electron chi connectivity index (χ1n) is 7.00. The Kier molecular flexibility index (Phi) is 5.44. The highest BCUT2D eigenvalue weighted by molar-refractivity contribution is 7.89. The predicted molar refractivity (Wildman–Crippen MR) is 83.7 cm³/mol. The lowest BCUT2D eigenvalue weighted by Gasteiger charge is -2.33. The van der Waals surface area contributed by atoms with Gasteiger partial charge >= 0.3 is 5.97 Å². The molecule has 1 aromatic carbocycles. The molecule has 0 unspecified atom stereocenters. The van der Waals surface area contributed by atoms with Crippen LogP contribution in [0, 0.1) is 0 Å². The maximum absolute atomic E-state index is 12.7. The number of ether oxygens (including phenoxy) is 1. The van der Waals surface area contributed by atoms with Crippen molar-refractivity contribution in [2.75, 3.05) is 39.8 Å². The molecular weight excluding hydrogens is 328 g/mol. The van der Waals surface area contributed by atoms with E-state index in [0.29, 0.717) is 26.2 Å². The number of nitrogens with zero attached hydrogens (tertiary/aromatic N) is 2. The van der Waals surface area contributed by atoms with Crippen molar-refractivity contribution in [1.29, 1.82) is 0 Å². The molecule has 1 heterocycles. The van der Waals surface area contributed by atoms with Gasteiger partial charge in [-0.3, -0.25) is 0 Å². The van der Waals surface area contributed by atoms with Crippen LogP contribution in [0.3, 0.4) is 0 Å². The van der Waals surface area contributed by atoms with E-state index in [9.17, 15) is 13.2 Å². The third-order valence-electron chi connectivity index (χ3n) is 3.75. The summed E-state index contributed by atoms with van der Waals surface area (Å²) in [5.41, 5.74) is 0.224. The quantitative estimate of drug-likeness (QED) is 0.772. The number of esters is 1. The second-order valence-electron chi connectivity index (χ2n) is 4.98. The van der Waals surface area contributed by atoms with Gasteiger partial charge in [-0.05, 0) is 24.7 Å². The first-order valence-corrected chi connectivity index (χ1v) is 8.82. The third-order valence-corrected chi connectivity index (χ3v) is 6.13. The van der Waals surface area contributed by atoms with E-state index in [1.54, 1.807) is 0 Å². The largest absolute Gasteiger partial charge is 0.465 e. The van der Waals surface area contributed by atoms with Crippen molar-refractivity contribution in [2.24, 2.45) is 0 Å². The standard InChI is InChI=1S/C14H19ClN2O4S/c1-3-16-6-8-17(9-7-16)22(19,20)13-5-4-11(10-12(13)15)14(18)21-2/h4-5,10H,3,6-9H2,1-2H3. The van der Waals surface area contributed by atoms with Crippen LogP contribution >= 0.6 is 11.6 Å². The zero-order chi connectivity index (χ0) is 16.3. The summed E-state index contributed by atoms with van der Waals surface area (Å²) in [6.45, 7) is 5.23. The first kappa shape index (κ1) is 17.2. The molecule has 6 nitrogen and oxygen atoms in total. The van der Waals surface area contributed by atoms with Crippen molar-refractivity contribution in [3.8, 4) is 0 Å². The van der Waals surface area contributed by atoms with Crippen LogP contribution < -0.4 is 0 Å². The number of hydrogen-bond acceptors (Lipinski definition) is 5. The number of carbonyl (C=O) groups excluding carboxylic acids is 1. The van der Waals surface area contributed by atoms with Gasteiger partial charge in [-0.15, -0.1) is 0 Å². The first-order chi connectivity index (χ1) is 10.4. The Balaban J connectivity index is 2.25. The third kappa shape index (κ3) is 3.43. The molecule has 0 atom stereocenters. The summed E-state index contributed by atoms with van der Waals surface area (Å²) in [5.74, 6) is -0.553. The summed E-state index contributed by atoms with van der Waals surface area (Å²) in [6.07, 6.45) is 0. The monoisotopic (exact) mass is 346 g/mol. The number of methoxy groups -OCH3 is 1. The minimum Gasteiger partial charge on any atom is -0.465 e. The molecular formula is C14H19ClN2O4S. The zero-order valence-electron chi connectivity index (χ0n) is 12.6. The molecule has 1 fully saturated rings. The predicted octanol–water partition coefficient (Wildman–Crippen LogP) is 1.45. The van der Waals surface area contributed by atoms with Crippen molar-refractivity contribution in [2.45, 2.75) is 11.8 Å². The van der Waals surface area contributed by atoms with Crippen molar-refractivity contribution >= 4 is 27.6 Å². The maximum Gasteiger partial charge on any atom is 0.337 e. The summed E-state index contributed by atoms with van der Waals surface area (Å²) in [4.78, 5) is 13.7. The van der Waals surface area contributed by atoms with Gasteiger partial charge in [0.1, 0.15) is 4.90 Å². The van der Waals surface area contributed by atoms with E-state index in [2.05, 4.69) is 9.64 Å². The molecule has 22 heavy (non-hydrogen) atoms. The van der Waals surface area contributed by atoms with Crippen LogP contribution in [0.1, 0.15) is 17.3 Å². The van der Waals surface area contributed by atoms with Crippen LogP contribution in [0.25, 0.3) is 0 Å². The lowest BCUT2D eigenvalue weighted by molar-refractivity contribution is 0.0600. The molecule has 1 aliphatic heterocycles. The second kappa shape index (κ2) is 6.95. The Hall–Kier alpha value is -1.15. The Labute approximate surface area is 135 Å². The smallest absolute Gasteiger partial charge is 0.337 e. The number of likely N-dealkylation sites (N-methyl/N-ethyl adjacent to an activating group) is 1. The van der Waals surface area contributed by atoms with Gasteiger partial charge in [0.15, 0.2) is 0 Å². The molecule has 0 radical (unpaired) electrons. The molecule has 0 bridgehead atoms. The summed E-state index contributed by atoms with van der Waals surface area (Å²) >= 11 is 6.07. The molecule has 0 aromatic heterocycles. The summed E-state index contributed by atoms with van der Waals surface area (Å²) in [5, 5.41) is 0.0285. The van der Waals surface area contributed by atoms with Gasteiger partial charge in [0, 0.05) is 26.2 Å². The van der Waals surface area contributed by atoms with Crippen LogP contribution in [0.5, 0.6) is 0 Å². The SMILES string of the molecule is CCN1CCN(S(=O)(=O)c2ccc(C(=O)OC)cc2Cl)CC1. The maximum atomic E-state index is 12.7. The van der Waals surface area contributed by atoms with E-state index < -0.39 is 16.0 Å². The van der Waals surface area contributed by atoms with Gasteiger partial charge in [0.2, 0.25) is 10.0 Å². The number of sulfonamides is 1. The average Bonchev–Trinajstić information content (AvgIpc) is 2.53. The minimum atomic E-state index is -3.65. The van der Waals surface area contributed by atoms with Gasteiger partial charge in [-0.1, -0.05) is 18.5 Å². The number of piperazine rings is 1. The van der Waals surface area contributed by atoms with E-state index in [0.717, 1.165) is 6.54 Å². The molecule has 8 heteroatoms. The fourth-order valence-corrected chi connectivity index (χ4v) is 4.32. The van der Waals surface area contributed by atoms with Gasteiger partial charge in [0.25, 0.3) is 0 Å². The van der Waals surface area contributed by atoms with E-state index in [4.69, 9.17) is 11.6 Å². The van der Waals surface area contributed by atoms with Gasteiger partial charge in [-0.2, -0.15) is 4.31 Å². The molecule has 0 spiro atoms. The second-order valence-corrected chi connectivity index (χ2v) is 7.29. The summed E-state index contributed by atoms with van der Waals surface area (Å²) in [6, 6.07) is 4.09. The van der Waals surface area contributed by atoms with Crippen LogP contribution in [0.2, 0.25) is 5.02 Å². The van der Waals surface area contributed by atoms with Crippen molar-refractivity contribution in [1.82, 2.24) is 9.21 Å². The van der Waals surface area contributed by atoms with Gasteiger partial charge in [-0.25, -0.2) is 13.2 Å². The van der Waals surface area contributed by atoms with Gasteiger partial charge in [0.05, 0.1) is 17.7 Å². The lowest BCUT2D eigenvalue weighted by Crippen LogP contribution is -2.48. The van der Waals surface area contributed by atoms with E-state index in [1.165, 1.54) is 29.6 Å². The van der Waals surface area contributed by atoms with Crippen LogP contribution in [-0.4, -0.2) is 63.4 Å². The number of benzene rings is 1. The van der Waals surface area contributed by atoms with Crippen molar-refractivity contribution < 1.29 is 17.9 Å². The number of hydrogen-bond donors (Lipinski definition) is 0. The highest BCUT2D eigenvalue weighted by Crippen LogP contribution is 2.26.